The predicted molar refractivity (Wildman–Crippen MR) is 106 cm³/mol. The standard InChI is InChI=1S/C20H17FN4O5/c1-11(19(27)28)22-18(26)17-10-16(25-30-17)12-2-6-14(7-3-12)23-20(29)24-15-8-4-13(21)5-9-15/h2-11H,1H3,(H,22,26)(H,27,28)(H2,23,24,29). The highest BCUT2D eigenvalue weighted by Gasteiger charge is 2.19. The van der Waals surface area contributed by atoms with Crippen molar-refractivity contribution < 1.29 is 28.4 Å². The van der Waals surface area contributed by atoms with Gasteiger partial charge in [-0.1, -0.05) is 17.3 Å². The van der Waals surface area contributed by atoms with Gasteiger partial charge in [0.05, 0.1) is 0 Å². The minimum absolute atomic E-state index is 0.126. The molecule has 0 aliphatic rings. The van der Waals surface area contributed by atoms with Crippen molar-refractivity contribution in [1.82, 2.24) is 10.5 Å². The molecule has 3 rings (SSSR count). The van der Waals surface area contributed by atoms with Crippen LogP contribution in [0.2, 0.25) is 0 Å². The summed E-state index contributed by atoms with van der Waals surface area (Å²) < 4.78 is 17.9. The molecule has 10 heteroatoms. The zero-order chi connectivity index (χ0) is 21.7. The first-order valence-corrected chi connectivity index (χ1v) is 8.76. The van der Waals surface area contributed by atoms with Gasteiger partial charge in [-0.2, -0.15) is 0 Å². The van der Waals surface area contributed by atoms with Crippen LogP contribution in [0.5, 0.6) is 0 Å². The van der Waals surface area contributed by atoms with Crippen molar-refractivity contribution in [3.05, 3.63) is 66.2 Å². The molecule has 0 fully saturated rings. The Morgan fingerprint density at radius 1 is 1.00 bits per heavy atom. The van der Waals surface area contributed by atoms with Crippen LogP contribution in [0, 0.1) is 5.82 Å². The molecule has 0 radical (unpaired) electrons. The van der Waals surface area contributed by atoms with Gasteiger partial charge in [-0.05, 0) is 43.3 Å². The van der Waals surface area contributed by atoms with Crippen molar-refractivity contribution >= 4 is 29.3 Å². The zero-order valence-corrected chi connectivity index (χ0v) is 15.7. The number of carboxylic acids is 1. The number of aromatic nitrogens is 1. The van der Waals surface area contributed by atoms with Crippen LogP contribution in [-0.2, 0) is 4.79 Å². The van der Waals surface area contributed by atoms with Crippen molar-refractivity contribution in [2.45, 2.75) is 13.0 Å². The monoisotopic (exact) mass is 412 g/mol. The van der Waals surface area contributed by atoms with E-state index in [1.165, 1.54) is 37.3 Å². The molecule has 3 amide bonds. The Kier molecular flexibility index (Phi) is 6.06. The van der Waals surface area contributed by atoms with Crippen LogP contribution < -0.4 is 16.0 Å². The number of nitrogens with zero attached hydrogens (tertiary/aromatic N) is 1. The van der Waals surface area contributed by atoms with Crippen LogP contribution in [0.25, 0.3) is 11.3 Å². The molecule has 1 atom stereocenters. The molecule has 0 aliphatic carbocycles. The normalized spacial score (nSPS) is 11.4. The summed E-state index contributed by atoms with van der Waals surface area (Å²) in [6.45, 7) is 1.33. The SMILES string of the molecule is CC(NC(=O)c1cc(-c2ccc(NC(=O)Nc3ccc(F)cc3)cc2)no1)C(=O)O. The fourth-order valence-electron chi connectivity index (χ4n) is 2.40. The van der Waals surface area contributed by atoms with Gasteiger partial charge in [-0.15, -0.1) is 0 Å². The lowest BCUT2D eigenvalue weighted by Crippen LogP contribution is -2.38. The fourth-order valence-corrected chi connectivity index (χ4v) is 2.40. The lowest BCUT2D eigenvalue weighted by atomic mass is 10.1. The first kappa shape index (κ1) is 20.5. The van der Waals surface area contributed by atoms with Crippen molar-refractivity contribution in [2.24, 2.45) is 0 Å². The molecular weight excluding hydrogens is 395 g/mol. The van der Waals surface area contributed by atoms with Gasteiger partial charge < -0.3 is 25.6 Å². The second-order valence-electron chi connectivity index (χ2n) is 6.27. The summed E-state index contributed by atoms with van der Waals surface area (Å²) in [5, 5.41) is 20.1. The van der Waals surface area contributed by atoms with Gasteiger partial charge in [0.15, 0.2) is 0 Å². The molecule has 0 aliphatic heterocycles. The van der Waals surface area contributed by atoms with Gasteiger partial charge >= 0.3 is 12.0 Å². The summed E-state index contributed by atoms with van der Waals surface area (Å²) in [5.41, 5.74) is 1.92. The van der Waals surface area contributed by atoms with E-state index in [0.29, 0.717) is 22.6 Å². The number of carbonyl (C=O) groups excluding carboxylic acids is 2. The van der Waals surface area contributed by atoms with Gasteiger partial charge in [-0.3, -0.25) is 9.59 Å². The Balaban J connectivity index is 1.61. The molecule has 2 aromatic carbocycles. The number of halogens is 1. The smallest absolute Gasteiger partial charge is 0.325 e. The largest absolute Gasteiger partial charge is 0.480 e. The van der Waals surface area contributed by atoms with E-state index in [0.717, 1.165) is 0 Å². The third-order valence-electron chi connectivity index (χ3n) is 3.99. The molecule has 0 saturated heterocycles. The van der Waals surface area contributed by atoms with Gasteiger partial charge in [0.25, 0.3) is 5.91 Å². The highest BCUT2D eigenvalue weighted by Crippen LogP contribution is 2.21. The van der Waals surface area contributed by atoms with Crippen molar-refractivity contribution in [2.75, 3.05) is 10.6 Å². The van der Waals surface area contributed by atoms with Crippen LogP contribution in [0.4, 0.5) is 20.6 Å². The topological polar surface area (TPSA) is 134 Å². The molecule has 3 aromatic rings. The Morgan fingerprint density at radius 2 is 1.57 bits per heavy atom. The van der Waals surface area contributed by atoms with E-state index in [2.05, 4.69) is 21.1 Å². The molecule has 0 spiro atoms. The van der Waals surface area contributed by atoms with E-state index in [1.54, 1.807) is 24.3 Å². The summed E-state index contributed by atoms with van der Waals surface area (Å²) in [5.74, 6) is -2.39. The van der Waals surface area contributed by atoms with Crippen LogP contribution in [0.1, 0.15) is 17.5 Å². The number of amides is 3. The Morgan fingerprint density at radius 3 is 2.13 bits per heavy atom. The van der Waals surface area contributed by atoms with Crippen molar-refractivity contribution in [3.63, 3.8) is 0 Å². The summed E-state index contributed by atoms with van der Waals surface area (Å²) in [4.78, 5) is 34.8. The Bertz CT molecular complexity index is 1060. The van der Waals surface area contributed by atoms with Gasteiger partial charge in [0.1, 0.15) is 17.6 Å². The number of hydrogen-bond acceptors (Lipinski definition) is 5. The van der Waals surface area contributed by atoms with E-state index >= 15 is 0 Å². The number of benzene rings is 2. The number of rotatable bonds is 6. The number of nitrogens with one attached hydrogen (secondary N) is 3. The second-order valence-corrected chi connectivity index (χ2v) is 6.27. The van der Waals surface area contributed by atoms with Crippen LogP contribution in [0.15, 0.2) is 59.1 Å². The minimum atomic E-state index is -1.17. The number of aliphatic carboxylic acids is 1. The molecule has 1 unspecified atom stereocenters. The van der Waals surface area contributed by atoms with Gasteiger partial charge in [-0.25, -0.2) is 9.18 Å². The molecule has 1 aromatic heterocycles. The molecule has 0 saturated carbocycles. The molecule has 4 N–H and O–H groups in total. The summed E-state index contributed by atoms with van der Waals surface area (Å²) in [6, 6.07) is 11.7. The van der Waals surface area contributed by atoms with Gasteiger partial charge in [0.2, 0.25) is 5.76 Å². The van der Waals surface area contributed by atoms with Crippen molar-refractivity contribution in [3.8, 4) is 11.3 Å². The molecule has 154 valence electrons. The van der Waals surface area contributed by atoms with Gasteiger partial charge in [0, 0.05) is 23.0 Å². The minimum Gasteiger partial charge on any atom is -0.480 e. The molecule has 1 heterocycles. The maximum absolute atomic E-state index is 12.9. The number of carboxylic acid groups (broad SMARTS) is 1. The summed E-state index contributed by atoms with van der Waals surface area (Å²) >= 11 is 0. The third-order valence-corrected chi connectivity index (χ3v) is 3.99. The first-order chi connectivity index (χ1) is 14.3. The number of hydrogen-bond donors (Lipinski definition) is 4. The highest BCUT2D eigenvalue weighted by atomic mass is 19.1. The predicted octanol–water partition coefficient (Wildman–Crippen LogP) is 3.33. The van der Waals surface area contributed by atoms with Crippen molar-refractivity contribution in [1.29, 1.82) is 0 Å². The quantitative estimate of drug-likeness (QED) is 0.491. The zero-order valence-electron chi connectivity index (χ0n) is 15.7. The van der Waals surface area contributed by atoms with E-state index < -0.39 is 29.8 Å². The van der Waals surface area contributed by atoms with Crippen LogP contribution in [-0.4, -0.2) is 34.2 Å². The Labute approximate surface area is 169 Å². The maximum atomic E-state index is 12.9. The second kappa shape index (κ2) is 8.86. The van der Waals surface area contributed by atoms with Crippen LogP contribution in [0.3, 0.4) is 0 Å². The number of urea groups is 1. The molecule has 30 heavy (non-hydrogen) atoms. The maximum Gasteiger partial charge on any atom is 0.325 e. The third kappa shape index (κ3) is 5.19. The van der Waals surface area contributed by atoms with Crippen LogP contribution >= 0.6 is 0 Å². The molecule has 0 bridgehead atoms. The lowest BCUT2D eigenvalue weighted by Gasteiger charge is -2.08. The Hall–Kier alpha value is -4.21. The van der Waals surface area contributed by atoms with E-state index in [1.807, 2.05) is 0 Å². The highest BCUT2D eigenvalue weighted by molar-refractivity contribution is 6.00. The van der Waals surface area contributed by atoms with E-state index in [9.17, 15) is 18.8 Å². The first-order valence-electron chi connectivity index (χ1n) is 8.76. The fraction of sp³-hybridized carbons (Fsp3) is 0.100. The van der Waals surface area contributed by atoms with E-state index in [4.69, 9.17) is 9.63 Å². The summed E-state index contributed by atoms with van der Waals surface area (Å²) in [7, 11) is 0. The lowest BCUT2D eigenvalue weighted by molar-refractivity contribution is -0.138. The number of carbonyl (C=O) groups is 3. The van der Waals surface area contributed by atoms with E-state index in [-0.39, 0.29) is 5.76 Å². The average Bonchev–Trinajstić information content (AvgIpc) is 3.20. The molecule has 9 nitrogen and oxygen atoms in total. The number of anilines is 2. The average molecular weight is 412 g/mol. The summed E-state index contributed by atoms with van der Waals surface area (Å²) in [6.07, 6.45) is 0. The molecular formula is C20H17FN4O5.